The molecule has 0 rings (SSSR count). The quantitative estimate of drug-likeness (QED) is 0.663. The SMILES string of the molecule is COC(C)(C)CCOC(C)CC(C)(N)C(N)=O. The number of ether oxygens (including phenoxy) is 2. The van der Waals surface area contributed by atoms with Crippen molar-refractivity contribution in [1.29, 1.82) is 0 Å². The molecule has 0 aromatic carbocycles. The lowest BCUT2D eigenvalue weighted by Gasteiger charge is -2.27. The van der Waals surface area contributed by atoms with Gasteiger partial charge in [-0.2, -0.15) is 0 Å². The first kappa shape index (κ1) is 16.4. The Morgan fingerprint density at radius 1 is 1.35 bits per heavy atom. The van der Waals surface area contributed by atoms with Crippen LogP contribution in [0.2, 0.25) is 0 Å². The van der Waals surface area contributed by atoms with E-state index in [1.54, 1.807) is 14.0 Å². The summed E-state index contributed by atoms with van der Waals surface area (Å²) in [5.74, 6) is -0.509. The largest absolute Gasteiger partial charge is 0.379 e. The van der Waals surface area contributed by atoms with E-state index in [-0.39, 0.29) is 11.7 Å². The highest BCUT2D eigenvalue weighted by molar-refractivity contribution is 5.83. The molecule has 102 valence electrons. The van der Waals surface area contributed by atoms with Crippen molar-refractivity contribution in [3.8, 4) is 0 Å². The van der Waals surface area contributed by atoms with E-state index < -0.39 is 11.4 Å². The van der Waals surface area contributed by atoms with Crippen LogP contribution in [0.1, 0.15) is 40.5 Å². The maximum atomic E-state index is 11.1. The number of hydrogen-bond donors (Lipinski definition) is 2. The van der Waals surface area contributed by atoms with Crippen molar-refractivity contribution < 1.29 is 14.3 Å². The van der Waals surface area contributed by atoms with Crippen molar-refractivity contribution in [3.63, 3.8) is 0 Å². The zero-order valence-corrected chi connectivity index (χ0v) is 11.6. The molecular formula is C12H26N2O3. The fourth-order valence-electron chi connectivity index (χ4n) is 1.36. The van der Waals surface area contributed by atoms with Crippen LogP contribution in [-0.4, -0.2) is 36.9 Å². The van der Waals surface area contributed by atoms with Gasteiger partial charge in [-0.3, -0.25) is 4.79 Å². The molecule has 0 saturated heterocycles. The summed E-state index contributed by atoms with van der Waals surface area (Å²) in [4.78, 5) is 11.1. The van der Waals surface area contributed by atoms with Crippen molar-refractivity contribution in [1.82, 2.24) is 0 Å². The van der Waals surface area contributed by atoms with Crippen molar-refractivity contribution in [2.24, 2.45) is 11.5 Å². The van der Waals surface area contributed by atoms with Crippen LogP contribution in [0.15, 0.2) is 0 Å². The standard InChI is InChI=1S/C12H26N2O3/c1-9(8-12(4,14)10(13)15)17-7-6-11(2,3)16-5/h9H,6-8,14H2,1-5H3,(H2,13,15). The molecule has 17 heavy (non-hydrogen) atoms. The average Bonchev–Trinajstić information content (AvgIpc) is 2.16. The molecule has 0 radical (unpaired) electrons. The summed E-state index contributed by atoms with van der Waals surface area (Å²) in [5, 5.41) is 0. The molecule has 0 fully saturated rings. The summed E-state index contributed by atoms with van der Waals surface area (Å²) >= 11 is 0. The number of hydrogen-bond acceptors (Lipinski definition) is 4. The minimum Gasteiger partial charge on any atom is -0.379 e. The molecule has 2 unspecified atom stereocenters. The highest BCUT2D eigenvalue weighted by atomic mass is 16.5. The summed E-state index contributed by atoms with van der Waals surface area (Å²) in [6, 6.07) is 0. The van der Waals surface area contributed by atoms with Crippen molar-refractivity contribution >= 4 is 5.91 Å². The lowest BCUT2D eigenvalue weighted by atomic mass is 9.95. The summed E-state index contributed by atoms with van der Waals surface area (Å²) in [6.07, 6.45) is 1.09. The zero-order chi connectivity index (χ0) is 13.7. The summed E-state index contributed by atoms with van der Waals surface area (Å²) in [7, 11) is 1.67. The predicted molar refractivity (Wildman–Crippen MR) is 67.5 cm³/mol. The second-order valence-corrected chi connectivity index (χ2v) is 5.38. The lowest BCUT2D eigenvalue weighted by Crippen LogP contribution is -2.51. The first-order valence-electron chi connectivity index (χ1n) is 5.86. The molecule has 0 aliphatic rings. The zero-order valence-electron chi connectivity index (χ0n) is 11.6. The van der Waals surface area contributed by atoms with Gasteiger partial charge >= 0.3 is 0 Å². The minimum absolute atomic E-state index is 0.106. The van der Waals surface area contributed by atoms with Gasteiger partial charge in [-0.25, -0.2) is 0 Å². The molecule has 2 atom stereocenters. The Balaban J connectivity index is 3.96. The molecule has 0 aromatic heterocycles. The van der Waals surface area contributed by atoms with E-state index in [9.17, 15) is 4.79 Å². The molecule has 0 saturated carbocycles. The van der Waals surface area contributed by atoms with Gasteiger partial charge in [0.05, 0.1) is 17.2 Å². The Morgan fingerprint density at radius 2 is 1.88 bits per heavy atom. The van der Waals surface area contributed by atoms with Gasteiger partial charge in [0, 0.05) is 13.7 Å². The van der Waals surface area contributed by atoms with Crippen LogP contribution in [0.5, 0.6) is 0 Å². The van der Waals surface area contributed by atoms with Crippen LogP contribution in [0, 0.1) is 0 Å². The molecule has 5 heteroatoms. The molecule has 5 nitrogen and oxygen atoms in total. The Bertz CT molecular complexity index is 252. The smallest absolute Gasteiger partial charge is 0.237 e. The van der Waals surface area contributed by atoms with Crippen LogP contribution in [-0.2, 0) is 14.3 Å². The molecular weight excluding hydrogens is 220 g/mol. The highest BCUT2D eigenvalue weighted by Crippen LogP contribution is 2.15. The first-order chi connectivity index (χ1) is 7.60. The number of amides is 1. The molecule has 4 N–H and O–H groups in total. The third kappa shape index (κ3) is 6.61. The normalized spacial score (nSPS) is 17.5. The van der Waals surface area contributed by atoms with Crippen LogP contribution in [0.4, 0.5) is 0 Å². The third-order valence-electron chi connectivity index (χ3n) is 2.93. The maximum absolute atomic E-state index is 11.1. The van der Waals surface area contributed by atoms with E-state index in [1.807, 2.05) is 20.8 Å². The second kappa shape index (κ2) is 6.33. The van der Waals surface area contributed by atoms with Gasteiger partial charge in [-0.05, 0) is 40.5 Å². The molecule has 0 aliphatic heterocycles. The van der Waals surface area contributed by atoms with Gasteiger partial charge in [0.2, 0.25) is 5.91 Å². The monoisotopic (exact) mass is 246 g/mol. The molecule has 0 aromatic rings. The number of primary amides is 1. The summed E-state index contributed by atoms with van der Waals surface area (Å²) in [6.45, 7) is 8.06. The van der Waals surface area contributed by atoms with Crippen LogP contribution < -0.4 is 11.5 Å². The highest BCUT2D eigenvalue weighted by Gasteiger charge is 2.28. The Kier molecular flexibility index (Phi) is 6.09. The van der Waals surface area contributed by atoms with E-state index >= 15 is 0 Å². The molecule has 0 aliphatic carbocycles. The van der Waals surface area contributed by atoms with Crippen LogP contribution in [0.25, 0.3) is 0 Å². The number of carbonyl (C=O) groups excluding carboxylic acids is 1. The second-order valence-electron chi connectivity index (χ2n) is 5.38. The van der Waals surface area contributed by atoms with E-state index in [4.69, 9.17) is 20.9 Å². The first-order valence-corrected chi connectivity index (χ1v) is 5.86. The molecule has 1 amide bonds. The fraction of sp³-hybridized carbons (Fsp3) is 0.917. The Labute approximate surface area is 104 Å². The lowest BCUT2D eigenvalue weighted by molar-refractivity contribution is -0.124. The van der Waals surface area contributed by atoms with E-state index in [1.165, 1.54) is 0 Å². The topological polar surface area (TPSA) is 87.6 Å². The fourth-order valence-corrected chi connectivity index (χ4v) is 1.36. The summed E-state index contributed by atoms with van der Waals surface area (Å²) in [5.41, 5.74) is 9.75. The minimum atomic E-state index is -1.02. The van der Waals surface area contributed by atoms with Gasteiger partial charge in [-0.15, -0.1) is 0 Å². The van der Waals surface area contributed by atoms with Crippen molar-refractivity contribution in [2.75, 3.05) is 13.7 Å². The van der Waals surface area contributed by atoms with E-state index in [0.717, 1.165) is 6.42 Å². The van der Waals surface area contributed by atoms with Crippen molar-refractivity contribution in [2.45, 2.75) is 57.8 Å². The van der Waals surface area contributed by atoms with E-state index in [0.29, 0.717) is 13.0 Å². The van der Waals surface area contributed by atoms with Gasteiger partial charge in [0.1, 0.15) is 0 Å². The van der Waals surface area contributed by atoms with Crippen LogP contribution >= 0.6 is 0 Å². The average molecular weight is 246 g/mol. The van der Waals surface area contributed by atoms with Gasteiger partial charge in [-0.1, -0.05) is 0 Å². The van der Waals surface area contributed by atoms with Gasteiger partial charge in [0.15, 0.2) is 0 Å². The molecule has 0 heterocycles. The van der Waals surface area contributed by atoms with Gasteiger partial charge in [0.25, 0.3) is 0 Å². The Hall–Kier alpha value is -0.650. The number of methoxy groups -OCH3 is 1. The molecule has 0 spiro atoms. The van der Waals surface area contributed by atoms with E-state index in [2.05, 4.69) is 0 Å². The number of nitrogens with two attached hydrogens (primary N) is 2. The third-order valence-corrected chi connectivity index (χ3v) is 2.93. The summed E-state index contributed by atoms with van der Waals surface area (Å²) < 4.78 is 10.9. The predicted octanol–water partition coefficient (Wildman–Crippen LogP) is 0.799. The maximum Gasteiger partial charge on any atom is 0.237 e. The number of rotatable bonds is 8. The Morgan fingerprint density at radius 3 is 2.29 bits per heavy atom. The van der Waals surface area contributed by atoms with Crippen molar-refractivity contribution in [3.05, 3.63) is 0 Å². The molecule has 0 bridgehead atoms. The number of carbonyl (C=O) groups is 1. The van der Waals surface area contributed by atoms with Gasteiger partial charge < -0.3 is 20.9 Å². The van der Waals surface area contributed by atoms with Crippen LogP contribution in [0.3, 0.4) is 0 Å².